The van der Waals surface area contributed by atoms with E-state index in [9.17, 15) is 9.59 Å². The van der Waals surface area contributed by atoms with Crippen molar-refractivity contribution in [3.8, 4) is 0 Å². The summed E-state index contributed by atoms with van der Waals surface area (Å²) < 4.78 is 4.95. The van der Waals surface area contributed by atoms with E-state index in [-0.39, 0.29) is 12.5 Å². The average Bonchev–Trinajstić information content (AvgIpc) is 2.44. The van der Waals surface area contributed by atoms with Gasteiger partial charge in [-0.25, -0.2) is 4.79 Å². The van der Waals surface area contributed by atoms with Crippen molar-refractivity contribution < 1.29 is 14.3 Å². The van der Waals surface area contributed by atoms with E-state index in [0.29, 0.717) is 17.8 Å². The molecule has 0 saturated carbocycles. The molecule has 1 rings (SSSR count). The molecule has 1 amide bonds. The first-order valence-electron chi connectivity index (χ1n) is 6.85. The molecule has 0 bridgehead atoms. The zero-order chi connectivity index (χ0) is 15.0. The third kappa shape index (κ3) is 4.91. The number of anilines is 1. The normalized spacial score (nSPS) is 10.1. The number of hydrogen-bond acceptors (Lipinski definition) is 4. The lowest BCUT2D eigenvalue weighted by Gasteiger charge is -2.09. The summed E-state index contributed by atoms with van der Waals surface area (Å²) in [6, 6.07) is 5.13. The summed E-state index contributed by atoms with van der Waals surface area (Å²) in [5.74, 6) is -0.865. The van der Waals surface area contributed by atoms with Crippen LogP contribution in [0.3, 0.4) is 0 Å². The predicted molar refractivity (Wildman–Crippen MR) is 78.4 cm³/mol. The Hall–Kier alpha value is -2.04. The molecule has 0 aliphatic carbocycles. The van der Waals surface area contributed by atoms with Gasteiger partial charge in [0.25, 0.3) is 5.91 Å². The van der Waals surface area contributed by atoms with Crippen molar-refractivity contribution in [3.63, 3.8) is 0 Å². The van der Waals surface area contributed by atoms with Crippen LogP contribution in [-0.4, -0.2) is 25.0 Å². The van der Waals surface area contributed by atoms with E-state index in [1.165, 1.54) is 0 Å². The zero-order valence-corrected chi connectivity index (χ0v) is 12.1. The number of benzene rings is 1. The van der Waals surface area contributed by atoms with Gasteiger partial charge in [-0.2, -0.15) is 0 Å². The molecule has 0 heterocycles. The van der Waals surface area contributed by atoms with Crippen LogP contribution in [0.2, 0.25) is 0 Å². The number of unbranched alkanes of at least 4 members (excludes halogenated alkanes) is 2. The SMILES string of the molecule is CCCCCNC(=O)COC(=O)c1cccc(C)c1N. The number of nitrogens with two attached hydrogens (primary N) is 1. The number of aryl methyl sites for hydroxylation is 1. The van der Waals surface area contributed by atoms with Crippen molar-refractivity contribution in [2.24, 2.45) is 0 Å². The summed E-state index contributed by atoms with van der Waals surface area (Å²) in [6.45, 7) is 4.23. The molecule has 0 fully saturated rings. The molecule has 0 saturated heterocycles. The molecule has 110 valence electrons. The van der Waals surface area contributed by atoms with Gasteiger partial charge in [0.1, 0.15) is 0 Å². The first kappa shape index (κ1) is 16.0. The van der Waals surface area contributed by atoms with Crippen LogP contribution in [0.25, 0.3) is 0 Å². The average molecular weight is 278 g/mol. The fraction of sp³-hybridized carbons (Fsp3) is 0.467. The highest BCUT2D eigenvalue weighted by Crippen LogP contribution is 2.17. The Bertz CT molecular complexity index is 472. The van der Waals surface area contributed by atoms with Crippen LogP contribution in [0.1, 0.15) is 42.1 Å². The summed E-state index contributed by atoms with van der Waals surface area (Å²) in [6.07, 6.45) is 3.10. The lowest BCUT2D eigenvalue weighted by molar-refractivity contribution is -0.124. The van der Waals surface area contributed by atoms with E-state index >= 15 is 0 Å². The Balaban J connectivity index is 2.39. The number of amides is 1. The van der Waals surface area contributed by atoms with E-state index in [1.54, 1.807) is 12.1 Å². The molecule has 1 aromatic carbocycles. The minimum atomic E-state index is -0.574. The number of rotatable bonds is 7. The fourth-order valence-corrected chi connectivity index (χ4v) is 1.72. The van der Waals surface area contributed by atoms with Crippen molar-refractivity contribution in [2.75, 3.05) is 18.9 Å². The van der Waals surface area contributed by atoms with E-state index in [0.717, 1.165) is 24.8 Å². The van der Waals surface area contributed by atoms with Crippen molar-refractivity contribution in [3.05, 3.63) is 29.3 Å². The molecule has 0 atom stereocenters. The number of ether oxygens (including phenoxy) is 1. The molecular weight excluding hydrogens is 256 g/mol. The Morgan fingerprint density at radius 3 is 2.75 bits per heavy atom. The number of hydrogen-bond donors (Lipinski definition) is 2. The minimum Gasteiger partial charge on any atom is -0.452 e. The standard InChI is InChI=1S/C15H22N2O3/c1-3-4-5-9-17-13(18)10-20-15(19)12-8-6-7-11(2)14(12)16/h6-8H,3-5,9-10,16H2,1-2H3,(H,17,18). The summed E-state index contributed by atoms with van der Waals surface area (Å²) >= 11 is 0. The molecule has 3 N–H and O–H groups in total. The summed E-state index contributed by atoms with van der Waals surface area (Å²) in [5, 5.41) is 2.70. The number of carbonyl (C=O) groups excluding carboxylic acids is 2. The molecule has 5 heteroatoms. The van der Waals surface area contributed by atoms with E-state index < -0.39 is 5.97 Å². The van der Waals surface area contributed by atoms with Crippen LogP contribution in [0.15, 0.2) is 18.2 Å². The molecule has 1 aromatic rings. The second-order valence-electron chi connectivity index (χ2n) is 4.67. The number of carbonyl (C=O) groups is 2. The van der Waals surface area contributed by atoms with Crippen LogP contribution in [0.5, 0.6) is 0 Å². The van der Waals surface area contributed by atoms with Gasteiger partial charge in [0.05, 0.1) is 5.56 Å². The quantitative estimate of drug-likeness (QED) is 0.454. The third-order valence-electron chi connectivity index (χ3n) is 2.98. The minimum absolute atomic E-state index is 0.279. The summed E-state index contributed by atoms with van der Waals surface area (Å²) in [4.78, 5) is 23.3. The van der Waals surface area contributed by atoms with Crippen molar-refractivity contribution in [2.45, 2.75) is 33.1 Å². The van der Waals surface area contributed by atoms with Gasteiger partial charge in [-0.15, -0.1) is 0 Å². The maximum absolute atomic E-state index is 11.8. The first-order valence-corrected chi connectivity index (χ1v) is 6.85. The highest BCUT2D eigenvalue weighted by molar-refractivity contribution is 5.96. The van der Waals surface area contributed by atoms with Crippen LogP contribution >= 0.6 is 0 Å². The van der Waals surface area contributed by atoms with Gasteiger partial charge in [0.15, 0.2) is 6.61 Å². The molecule has 0 unspecified atom stereocenters. The molecule has 0 aliphatic heterocycles. The molecule has 20 heavy (non-hydrogen) atoms. The Morgan fingerprint density at radius 2 is 2.05 bits per heavy atom. The van der Waals surface area contributed by atoms with E-state index in [1.807, 2.05) is 13.0 Å². The van der Waals surface area contributed by atoms with Crippen LogP contribution in [0, 0.1) is 6.92 Å². The fourth-order valence-electron chi connectivity index (χ4n) is 1.72. The second kappa shape index (κ2) is 8.19. The number of nitrogens with one attached hydrogen (secondary N) is 1. The van der Waals surface area contributed by atoms with Gasteiger partial charge in [-0.1, -0.05) is 31.9 Å². The Labute approximate surface area is 119 Å². The lowest BCUT2D eigenvalue weighted by atomic mass is 10.1. The van der Waals surface area contributed by atoms with Crippen LogP contribution < -0.4 is 11.1 Å². The zero-order valence-electron chi connectivity index (χ0n) is 12.1. The van der Waals surface area contributed by atoms with Crippen molar-refractivity contribution in [1.29, 1.82) is 0 Å². The largest absolute Gasteiger partial charge is 0.452 e. The molecule has 0 aromatic heterocycles. The maximum Gasteiger partial charge on any atom is 0.340 e. The molecule has 0 spiro atoms. The second-order valence-corrected chi connectivity index (χ2v) is 4.67. The molecule has 5 nitrogen and oxygen atoms in total. The first-order chi connectivity index (χ1) is 9.56. The van der Waals surface area contributed by atoms with Gasteiger partial charge in [-0.3, -0.25) is 4.79 Å². The van der Waals surface area contributed by atoms with Gasteiger partial charge in [-0.05, 0) is 25.0 Å². The Kier molecular flexibility index (Phi) is 6.56. The third-order valence-corrected chi connectivity index (χ3v) is 2.98. The molecule has 0 aliphatic rings. The van der Waals surface area contributed by atoms with Gasteiger partial charge < -0.3 is 15.8 Å². The monoisotopic (exact) mass is 278 g/mol. The maximum atomic E-state index is 11.8. The topological polar surface area (TPSA) is 81.4 Å². The number of para-hydroxylation sites is 1. The Morgan fingerprint density at radius 1 is 1.30 bits per heavy atom. The predicted octanol–water partition coefficient (Wildman–Crippen LogP) is 2.04. The van der Waals surface area contributed by atoms with Gasteiger partial charge in [0, 0.05) is 12.2 Å². The van der Waals surface area contributed by atoms with Crippen molar-refractivity contribution in [1.82, 2.24) is 5.32 Å². The van der Waals surface area contributed by atoms with Crippen molar-refractivity contribution >= 4 is 17.6 Å². The van der Waals surface area contributed by atoms with Crippen LogP contribution in [0.4, 0.5) is 5.69 Å². The summed E-state index contributed by atoms with van der Waals surface area (Å²) in [5.41, 5.74) is 7.30. The highest BCUT2D eigenvalue weighted by Gasteiger charge is 2.13. The lowest BCUT2D eigenvalue weighted by Crippen LogP contribution is -2.29. The molecule has 0 radical (unpaired) electrons. The number of nitrogen functional groups attached to an aromatic ring is 1. The van der Waals surface area contributed by atoms with E-state index in [2.05, 4.69) is 12.2 Å². The summed E-state index contributed by atoms with van der Waals surface area (Å²) in [7, 11) is 0. The smallest absolute Gasteiger partial charge is 0.340 e. The van der Waals surface area contributed by atoms with Gasteiger partial charge >= 0.3 is 5.97 Å². The highest BCUT2D eigenvalue weighted by atomic mass is 16.5. The van der Waals surface area contributed by atoms with E-state index in [4.69, 9.17) is 10.5 Å². The molecular formula is C15H22N2O3. The number of esters is 1. The van der Waals surface area contributed by atoms with Gasteiger partial charge in [0.2, 0.25) is 0 Å². The van der Waals surface area contributed by atoms with Crippen LogP contribution in [-0.2, 0) is 9.53 Å².